The van der Waals surface area contributed by atoms with Crippen molar-refractivity contribution in [2.45, 2.75) is 51.9 Å². The van der Waals surface area contributed by atoms with E-state index in [9.17, 15) is 0 Å². The SMILES string of the molecule is COc1ccc(-c2[nH]c3ccc(N4CCC(CC5CCN(C)CC5)CC4)cc3c2C(C)C)cc1OC. The summed E-state index contributed by atoms with van der Waals surface area (Å²) >= 11 is 0. The molecule has 0 atom stereocenters. The quantitative estimate of drug-likeness (QED) is 0.391. The first-order valence-electron chi connectivity index (χ1n) is 13.8. The molecule has 5 heteroatoms. The van der Waals surface area contributed by atoms with Crippen molar-refractivity contribution >= 4 is 16.6 Å². The number of hydrogen-bond acceptors (Lipinski definition) is 4. The average Bonchev–Trinajstić information content (AvgIpc) is 3.29. The minimum absolute atomic E-state index is 0.400. The van der Waals surface area contributed by atoms with Gasteiger partial charge in [-0.25, -0.2) is 0 Å². The Balaban J connectivity index is 1.35. The van der Waals surface area contributed by atoms with Crippen LogP contribution in [0.25, 0.3) is 22.2 Å². The molecular weight excluding hydrogens is 446 g/mol. The molecule has 0 spiro atoms. The van der Waals surface area contributed by atoms with Crippen LogP contribution in [0.3, 0.4) is 0 Å². The van der Waals surface area contributed by atoms with E-state index >= 15 is 0 Å². The summed E-state index contributed by atoms with van der Waals surface area (Å²) in [5.41, 5.74) is 6.24. The summed E-state index contributed by atoms with van der Waals surface area (Å²) in [4.78, 5) is 8.81. The smallest absolute Gasteiger partial charge is 0.161 e. The fraction of sp³-hybridized carbons (Fsp3) is 0.548. The van der Waals surface area contributed by atoms with Gasteiger partial charge in [0.05, 0.1) is 19.9 Å². The summed E-state index contributed by atoms with van der Waals surface area (Å²) in [6.07, 6.45) is 6.87. The number of ether oxygens (including phenoxy) is 2. The number of benzene rings is 2. The molecule has 2 saturated heterocycles. The van der Waals surface area contributed by atoms with E-state index in [0.29, 0.717) is 5.92 Å². The van der Waals surface area contributed by atoms with Gasteiger partial charge in [0.15, 0.2) is 11.5 Å². The second-order valence-electron chi connectivity index (χ2n) is 11.3. The second-order valence-corrected chi connectivity index (χ2v) is 11.3. The van der Waals surface area contributed by atoms with Crippen LogP contribution >= 0.6 is 0 Å². The number of hydrogen-bond donors (Lipinski definition) is 1. The number of methoxy groups -OCH3 is 2. The molecule has 194 valence electrons. The lowest BCUT2D eigenvalue weighted by molar-refractivity contribution is 0.187. The number of piperidine rings is 2. The zero-order chi connectivity index (χ0) is 25.2. The van der Waals surface area contributed by atoms with E-state index in [1.165, 1.54) is 86.1 Å². The van der Waals surface area contributed by atoms with E-state index in [1.807, 2.05) is 6.07 Å². The van der Waals surface area contributed by atoms with Gasteiger partial charge < -0.3 is 24.3 Å². The third kappa shape index (κ3) is 5.08. The van der Waals surface area contributed by atoms with Gasteiger partial charge in [0.1, 0.15) is 0 Å². The van der Waals surface area contributed by atoms with Crippen LogP contribution < -0.4 is 14.4 Å². The Morgan fingerprint density at radius 3 is 2.17 bits per heavy atom. The summed E-state index contributed by atoms with van der Waals surface area (Å²) in [5, 5.41) is 1.33. The Labute approximate surface area is 216 Å². The van der Waals surface area contributed by atoms with Crippen LogP contribution in [0.1, 0.15) is 57.4 Å². The molecule has 3 aromatic rings. The maximum absolute atomic E-state index is 5.58. The Morgan fingerprint density at radius 2 is 1.53 bits per heavy atom. The first-order chi connectivity index (χ1) is 17.5. The van der Waals surface area contributed by atoms with Gasteiger partial charge >= 0.3 is 0 Å². The van der Waals surface area contributed by atoms with Crippen LogP contribution in [0.15, 0.2) is 36.4 Å². The summed E-state index contributed by atoms with van der Waals surface area (Å²) < 4.78 is 11.0. The van der Waals surface area contributed by atoms with E-state index in [-0.39, 0.29) is 0 Å². The number of H-pyrrole nitrogens is 1. The standard InChI is InChI=1S/C31H43N3O2/c1-21(2)30-26-20-25(34-16-12-23(13-17-34)18-22-10-14-33(3)15-11-22)7-8-27(26)32-31(30)24-6-9-28(35-4)29(19-24)36-5/h6-9,19-23,32H,10-18H2,1-5H3. The first-order valence-corrected chi connectivity index (χ1v) is 13.8. The van der Waals surface area contributed by atoms with Crippen molar-refractivity contribution in [1.29, 1.82) is 0 Å². The molecule has 1 N–H and O–H groups in total. The highest BCUT2D eigenvalue weighted by atomic mass is 16.5. The molecule has 0 radical (unpaired) electrons. The molecule has 2 fully saturated rings. The largest absolute Gasteiger partial charge is 0.493 e. The molecule has 5 nitrogen and oxygen atoms in total. The molecule has 36 heavy (non-hydrogen) atoms. The Morgan fingerprint density at radius 1 is 0.861 bits per heavy atom. The predicted octanol–water partition coefficient (Wildman–Crippen LogP) is 6.92. The Hall–Kier alpha value is -2.66. The number of aromatic amines is 1. The monoisotopic (exact) mass is 489 g/mol. The number of fused-ring (bicyclic) bond motifs is 1. The molecule has 0 bridgehead atoms. The summed E-state index contributed by atoms with van der Waals surface area (Å²) in [7, 11) is 5.63. The van der Waals surface area contributed by atoms with Crippen molar-refractivity contribution in [2.24, 2.45) is 11.8 Å². The minimum atomic E-state index is 0.400. The lowest BCUT2D eigenvalue weighted by Gasteiger charge is -2.37. The minimum Gasteiger partial charge on any atom is -0.493 e. The zero-order valence-corrected chi connectivity index (χ0v) is 22.8. The average molecular weight is 490 g/mol. The number of likely N-dealkylation sites (tertiary alicyclic amines) is 1. The number of nitrogens with one attached hydrogen (secondary N) is 1. The molecule has 0 unspecified atom stereocenters. The predicted molar refractivity (Wildman–Crippen MR) is 151 cm³/mol. The van der Waals surface area contributed by atoms with Gasteiger partial charge in [-0.3, -0.25) is 0 Å². The van der Waals surface area contributed by atoms with Crippen LogP contribution in [-0.4, -0.2) is 57.3 Å². The molecule has 5 rings (SSSR count). The van der Waals surface area contributed by atoms with Gasteiger partial charge in [-0.1, -0.05) is 13.8 Å². The molecule has 2 aromatic carbocycles. The molecule has 3 heterocycles. The molecule has 2 aliphatic heterocycles. The molecular formula is C31H43N3O2. The topological polar surface area (TPSA) is 40.7 Å². The van der Waals surface area contributed by atoms with Crippen LogP contribution in [0.4, 0.5) is 5.69 Å². The highest BCUT2D eigenvalue weighted by Crippen LogP contribution is 2.40. The first kappa shape index (κ1) is 25.0. The van der Waals surface area contributed by atoms with Crippen molar-refractivity contribution in [3.05, 3.63) is 42.0 Å². The van der Waals surface area contributed by atoms with Gasteiger partial charge in [0, 0.05) is 35.2 Å². The number of aromatic nitrogens is 1. The van der Waals surface area contributed by atoms with E-state index in [1.54, 1.807) is 14.2 Å². The normalized spacial score (nSPS) is 18.3. The van der Waals surface area contributed by atoms with Gasteiger partial charge in [0.2, 0.25) is 0 Å². The Bertz CT molecular complexity index is 1170. The molecule has 1 aromatic heterocycles. The van der Waals surface area contributed by atoms with Crippen molar-refractivity contribution < 1.29 is 9.47 Å². The van der Waals surface area contributed by atoms with Gasteiger partial charge in [-0.15, -0.1) is 0 Å². The van der Waals surface area contributed by atoms with E-state index in [4.69, 9.17) is 9.47 Å². The molecule has 0 saturated carbocycles. The van der Waals surface area contributed by atoms with Crippen LogP contribution in [0.2, 0.25) is 0 Å². The highest BCUT2D eigenvalue weighted by molar-refractivity contribution is 5.93. The van der Waals surface area contributed by atoms with Crippen LogP contribution in [-0.2, 0) is 0 Å². The molecule has 0 aliphatic carbocycles. The van der Waals surface area contributed by atoms with E-state index in [0.717, 1.165) is 28.9 Å². The van der Waals surface area contributed by atoms with E-state index in [2.05, 4.69) is 66.0 Å². The molecule has 0 amide bonds. The van der Waals surface area contributed by atoms with E-state index < -0.39 is 0 Å². The van der Waals surface area contributed by atoms with Crippen molar-refractivity contribution in [1.82, 2.24) is 9.88 Å². The fourth-order valence-electron chi connectivity index (χ4n) is 6.41. The lowest BCUT2D eigenvalue weighted by Crippen LogP contribution is -2.36. The third-order valence-corrected chi connectivity index (χ3v) is 8.56. The van der Waals surface area contributed by atoms with Gasteiger partial charge in [-0.05, 0) is 112 Å². The maximum Gasteiger partial charge on any atom is 0.161 e. The number of anilines is 1. The van der Waals surface area contributed by atoms with Crippen LogP contribution in [0, 0.1) is 11.8 Å². The maximum atomic E-state index is 5.58. The Kier molecular flexibility index (Phi) is 7.47. The van der Waals surface area contributed by atoms with Crippen molar-refractivity contribution in [3.8, 4) is 22.8 Å². The summed E-state index contributed by atoms with van der Waals surface area (Å²) in [5.74, 6) is 3.75. The van der Waals surface area contributed by atoms with Gasteiger partial charge in [0.25, 0.3) is 0 Å². The summed E-state index contributed by atoms with van der Waals surface area (Å²) in [6, 6.07) is 13.2. The third-order valence-electron chi connectivity index (χ3n) is 8.56. The summed E-state index contributed by atoms with van der Waals surface area (Å²) in [6.45, 7) is 9.48. The van der Waals surface area contributed by atoms with Crippen molar-refractivity contribution in [2.75, 3.05) is 52.3 Å². The number of nitrogens with zero attached hydrogens (tertiary/aromatic N) is 2. The van der Waals surface area contributed by atoms with Crippen molar-refractivity contribution in [3.63, 3.8) is 0 Å². The fourth-order valence-corrected chi connectivity index (χ4v) is 6.41. The zero-order valence-electron chi connectivity index (χ0n) is 22.8. The van der Waals surface area contributed by atoms with Gasteiger partial charge in [-0.2, -0.15) is 0 Å². The molecule has 2 aliphatic rings. The lowest BCUT2D eigenvalue weighted by atomic mass is 9.83. The number of rotatable bonds is 7. The van der Waals surface area contributed by atoms with Crippen LogP contribution in [0.5, 0.6) is 11.5 Å². The second kappa shape index (κ2) is 10.8. The highest BCUT2D eigenvalue weighted by Gasteiger charge is 2.25.